The number of rotatable bonds is 11. The van der Waals surface area contributed by atoms with Crippen LogP contribution in [-0.2, 0) is 25.9 Å². The van der Waals surface area contributed by atoms with Gasteiger partial charge in [-0.05, 0) is 43.4 Å². The van der Waals surface area contributed by atoms with Crippen molar-refractivity contribution in [1.29, 1.82) is 0 Å². The second kappa shape index (κ2) is 11.0. The number of ether oxygens (including phenoxy) is 2. The number of nitrogens with zero attached hydrogens (tertiary/aromatic N) is 2. The molecule has 3 rings (SSSR count). The number of anilines is 1. The van der Waals surface area contributed by atoms with Crippen LogP contribution in [0.5, 0.6) is 0 Å². The average Bonchev–Trinajstić information content (AvgIpc) is 3.12. The molecule has 178 valence electrons. The van der Waals surface area contributed by atoms with Crippen molar-refractivity contribution in [2.75, 3.05) is 31.4 Å². The standard InChI is InChI=1S/C25H32N2O5S/c1-18(2)16-21-10-12-22(13-11-21)23-8-6-7-9-24(23)33(28,29)27(17-31-15-14-30-5)25-19(3)20(4)26-32-25/h6-13,18H,14-17H2,1-5H3. The van der Waals surface area contributed by atoms with Crippen LogP contribution in [0, 0.1) is 19.8 Å². The Morgan fingerprint density at radius 2 is 1.73 bits per heavy atom. The Hall–Kier alpha value is -2.68. The van der Waals surface area contributed by atoms with E-state index in [4.69, 9.17) is 14.0 Å². The molecule has 0 aliphatic heterocycles. The predicted molar refractivity (Wildman–Crippen MR) is 129 cm³/mol. The summed E-state index contributed by atoms with van der Waals surface area (Å²) in [5, 5.41) is 3.94. The molecule has 0 radical (unpaired) electrons. The molecule has 2 aromatic carbocycles. The van der Waals surface area contributed by atoms with Gasteiger partial charge in [0.05, 0.1) is 23.8 Å². The second-order valence-electron chi connectivity index (χ2n) is 8.37. The summed E-state index contributed by atoms with van der Waals surface area (Å²) in [6.07, 6.45) is 0.969. The molecule has 0 amide bonds. The Balaban J connectivity index is 2.02. The summed E-state index contributed by atoms with van der Waals surface area (Å²) in [4.78, 5) is 0.172. The van der Waals surface area contributed by atoms with Crippen molar-refractivity contribution in [1.82, 2.24) is 5.16 Å². The highest BCUT2D eigenvalue weighted by atomic mass is 32.2. The van der Waals surface area contributed by atoms with Gasteiger partial charge >= 0.3 is 0 Å². The summed E-state index contributed by atoms with van der Waals surface area (Å²) >= 11 is 0. The highest BCUT2D eigenvalue weighted by molar-refractivity contribution is 7.93. The highest BCUT2D eigenvalue weighted by Gasteiger charge is 2.32. The molecule has 8 heteroatoms. The van der Waals surface area contributed by atoms with Gasteiger partial charge < -0.3 is 14.0 Å². The number of hydrogen-bond acceptors (Lipinski definition) is 6. The number of hydrogen-bond donors (Lipinski definition) is 0. The Labute approximate surface area is 196 Å². The Bertz CT molecular complexity index is 1150. The first-order valence-corrected chi connectivity index (χ1v) is 12.4. The van der Waals surface area contributed by atoms with Gasteiger partial charge in [-0.1, -0.05) is 61.5 Å². The van der Waals surface area contributed by atoms with E-state index in [9.17, 15) is 8.42 Å². The fourth-order valence-electron chi connectivity index (χ4n) is 3.50. The van der Waals surface area contributed by atoms with Gasteiger partial charge in [-0.2, -0.15) is 0 Å². The summed E-state index contributed by atoms with van der Waals surface area (Å²) in [5.41, 5.74) is 3.92. The van der Waals surface area contributed by atoms with Crippen molar-refractivity contribution < 1.29 is 22.4 Å². The van der Waals surface area contributed by atoms with Crippen LogP contribution in [-0.4, -0.2) is 40.6 Å². The first-order valence-electron chi connectivity index (χ1n) is 11.0. The minimum atomic E-state index is -4.02. The van der Waals surface area contributed by atoms with Crippen LogP contribution >= 0.6 is 0 Å². The minimum Gasteiger partial charge on any atom is -0.382 e. The number of aryl methyl sites for hydroxylation is 1. The molecule has 7 nitrogen and oxygen atoms in total. The van der Waals surface area contributed by atoms with Gasteiger partial charge in [-0.25, -0.2) is 12.7 Å². The maximum Gasteiger partial charge on any atom is 0.269 e. The maximum absolute atomic E-state index is 13.9. The molecule has 0 atom stereocenters. The minimum absolute atomic E-state index is 0.145. The predicted octanol–water partition coefficient (Wildman–Crippen LogP) is 4.97. The van der Waals surface area contributed by atoms with Gasteiger partial charge in [0, 0.05) is 18.2 Å². The SMILES string of the molecule is COCCOCN(c1onc(C)c1C)S(=O)(=O)c1ccccc1-c1ccc(CC(C)C)cc1. The van der Waals surface area contributed by atoms with Gasteiger partial charge in [0.2, 0.25) is 5.88 Å². The zero-order valence-electron chi connectivity index (χ0n) is 19.9. The molecule has 1 heterocycles. The summed E-state index contributed by atoms with van der Waals surface area (Å²) in [7, 11) is -2.46. The monoisotopic (exact) mass is 472 g/mol. The third-order valence-electron chi connectivity index (χ3n) is 5.36. The lowest BCUT2D eigenvalue weighted by Crippen LogP contribution is -2.34. The lowest BCUT2D eigenvalue weighted by atomic mass is 9.99. The van der Waals surface area contributed by atoms with Crippen molar-refractivity contribution >= 4 is 15.9 Å². The van der Waals surface area contributed by atoms with Crippen molar-refractivity contribution in [2.24, 2.45) is 5.92 Å². The molecule has 0 aliphatic carbocycles. The van der Waals surface area contributed by atoms with Crippen LogP contribution in [0.2, 0.25) is 0 Å². The molecule has 0 fully saturated rings. The molecule has 33 heavy (non-hydrogen) atoms. The number of aromatic nitrogens is 1. The van der Waals surface area contributed by atoms with E-state index in [1.54, 1.807) is 33.1 Å². The van der Waals surface area contributed by atoms with E-state index in [0.29, 0.717) is 29.3 Å². The molecule has 3 aromatic rings. The van der Waals surface area contributed by atoms with E-state index in [0.717, 1.165) is 16.3 Å². The van der Waals surface area contributed by atoms with Gasteiger partial charge in [-0.3, -0.25) is 0 Å². The van der Waals surface area contributed by atoms with Gasteiger partial charge in [0.25, 0.3) is 10.0 Å². The number of methoxy groups -OCH3 is 1. The zero-order chi connectivity index (χ0) is 24.0. The highest BCUT2D eigenvalue weighted by Crippen LogP contribution is 2.34. The summed E-state index contributed by atoms with van der Waals surface area (Å²) < 4.78 is 44.9. The van der Waals surface area contributed by atoms with Crippen LogP contribution in [0.1, 0.15) is 30.7 Å². The van der Waals surface area contributed by atoms with E-state index < -0.39 is 10.0 Å². The van der Waals surface area contributed by atoms with Gasteiger partial charge in [-0.15, -0.1) is 0 Å². The molecule has 1 aromatic heterocycles. The largest absolute Gasteiger partial charge is 0.382 e. The molecule has 0 saturated carbocycles. The van der Waals surface area contributed by atoms with E-state index in [1.807, 2.05) is 36.4 Å². The summed E-state index contributed by atoms with van der Waals surface area (Å²) in [6.45, 7) is 8.26. The average molecular weight is 473 g/mol. The zero-order valence-corrected chi connectivity index (χ0v) is 20.7. The third-order valence-corrected chi connectivity index (χ3v) is 7.13. The van der Waals surface area contributed by atoms with Crippen LogP contribution in [0.3, 0.4) is 0 Å². The molecular formula is C25H32N2O5S. The fourth-order valence-corrected chi connectivity index (χ4v) is 5.06. The summed E-state index contributed by atoms with van der Waals surface area (Å²) in [5.74, 6) is 0.691. The third kappa shape index (κ3) is 5.82. The van der Waals surface area contributed by atoms with Crippen LogP contribution in [0.25, 0.3) is 11.1 Å². The van der Waals surface area contributed by atoms with Crippen LogP contribution < -0.4 is 4.31 Å². The first kappa shape index (κ1) is 25.0. The molecular weight excluding hydrogens is 440 g/mol. The molecule has 0 N–H and O–H groups in total. The lowest BCUT2D eigenvalue weighted by molar-refractivity contribution is 0.0744. The Morgan fingerprint density at radius 3 is 2.33 bits per heavy atom. The summed E-state index contributed by atoms with van der Waals surface area (Å²) in [6, 6.07) is 15.0. The quantitative estimate of drug-likeness (QED) is 0.289. The lowest BCUT2D eigenvalue weighted by Gasteiger charge is -2.23. The van der Waals surface area contributed by atoms with Crippen molar-refractivity contribution in [3.63, 3.8) is 0 Å². The van der Waals surface area contributed by atoms with Crippen LogP contribution in [0.4, 0.5) is 5.88 Å². The van der Waals surface area contributed by atoms with E-state index in [1.165, 1.54) is 5.56 Å². The Kier molecular flexibility index (Phi) is 8.29. The molecule has 0 aliphatic rings. The number of benzene rings is 2. The Morgan fingerprint density at radius 1 is 1.03 bits per heavy atom. The van der Waals surface area contributed by atoms with E-state index >= 15 is 0 Å². The fraction of sp³-hybridized carbons (Fsp3) is 0.400. The second-order valence-corrected chi connectivity index (χ2v) is 10.2. The molecule has 0 unspecified atom stereocenters. The topological polar surface area (TPSA) is 81.9 Å². The molecule has 0 bridgehead atoms. The first-order chi connectivity index (χ1) is 15.8. The van der Waals surface area contributed by atoms with Gasteiger partial charge in [0.15, 0.2) is 0 Å². The van der Waals surface area contributed by atoms with Crippen molar-refractivity contribution in [3.05, 3.63) is 65.4 Å². The van der Waals surface area contributed by atoms with Crippen LogP contribution in [0.15, 0.2) is 57.9 Å². The van der Waals surface area contributed by atoms with Gasteiger partial charge in [0.1, 0.15) is 6.73 Å². The molecule has 0 spiro atoms. The van der Waals surface area contributed by atoms with E-state index in [-0.39, 0.29) is 24.1 Å². The van der Waals surface area contributed by atoms with Crippen molar-refractivity contribution in [2.45, 2.75) is 39.0 Å². The normalized spacial score (nSPS) is 11.8. The number of sulfonamides is 1. The maximum atomic E-state index is 13.9. The van der Waals surface area contributed by atoms with Crippen molar-refractivity contribution in [3.8, 4) is 11.1 Å². The van der Waals surface area contributed by atoms with E-state index in [2.05, 4.69) is 19.0 Å². The smallest absolute Gasteiger partial charge is 0.269 e. The molecule has 0 saturated heterocycles.